The summed E-state index contributed by atoms with van der Waals surface area (Å²) < 4.78 is 27.8. The average Bonchev–Trinajstić information content (AvgIpc) is 3.00. The van der Waals surface area contributed by atoms with Crippen LogP contribution in [0.5, 0.6) is 0 Å². The van der Waals surface area contributed by atoms with Crippen molar-refractivity contribution in [2.45, 2.75) is 36.6 Å². The Labute approximate surface area is 244 Å². The Balaban J connectivity index is 1.28. The first-order valence-electron chi connectivity index (χ1n) is 14.3. The number of carboxylic acid groups (broad SMARTS) is 1. The van der Waals surface area contributed by atoms with Gasteiger partial charge in [0.1, 0.15) is 0 Å². The molecule has 1 aliphatic heterocycles. The minimum atomic E-state index is -3.56. The van der Waals surface area contributed by atoms with Crippen molar-refractivity contribution in [3.63, 3.8) is 0 Å². The predicted octanol–water partition coefficient (Wildman–Crippen LogP) is 5.93. The lowest BCUT2D eigenvalue weighted by atomic mass is 9.93. The Kier molecular flexibility index (Phi) is 11.1. The van der Waals surface area contributed by atoms with Gasteiger partial charge in [0.15, 0.2) is 0 Å². The van der Waals surface area contributed by atoms with Crippen LogP contribution in [0.4, 0.5) is 4.79 Å². The third kappa shape index (κ3) is 9.01. The second-order valence-corrected chi connectivity index (χ2v) is 12.8. The van der Waals surface area contributed by atoms with Gasteiger partial charge in [-0.1, -0.05) is 91.0 Å². The number of rotatable bonds is 13. The van der Waals surface area contributed by atoms with E-state index in [0.29, 0.717) is 30.4 Å². The van der Waals surface area contributed by atoms with Gasteiger partial charge in [0.2, 0.25) is 10.0 Å². The van der Waals surface area contributed by atoms with Crippen molar-refractivity contribution in [1.82, 2.24) is 14.1 Å². The minimum Gasteiger partial charge on any atom is -0.465 e. The van der Waals surface area contributed by atoms with Gasteiger partial charge in [0, 0.05) is 26.7 Å². The Hall–Kier alpha value is -3.46. The number of allylic oxidation sites excluding steroid dienone is 1. The number of carbonyl (C=O) groups is 1. The number of hydrogen-bond acceptors (Lipinski definition) is 4. The summed E-state index contributed by atoms with van der Waals surface area (Å²) in [5.41, 5.74) is 2.13. The summed E-state index contributed by atoms with van der Waals surface area (Å²) >= 11 is 0. The summed E-state index contributed by atoms with van der Waals surface area (Å²) in [6.07, 6.45) is 6.18. The summed E-state index contributed by atoms with van der Waals surface area (Å²) in [4.78, 5) is 15.9. The van der Waals surface area contributed by atoms with Gasteiger partial charge in [0.05, 0.1) is 4.90 Å². The monoisotopic (exact) mass is 575 g/mol. The Bertz CT molecular complexity index is 1340. The molecule has 41 heavy (non-hydrogen) atoms. The lowest BCUT2D eigenvalue weighted by Gasteiger charge is -2.32. The van der Waals surface area contributed by atoms with Crippen LogP contribution in [-0.4, -0.2) is 73.5 Å². The zero-order valence-electron chi connectivity index (χ0n) is 23.8. The fraction of sp³-hybridized carbons (Fsp3) is 0.364. The maximum atomic E-state index is 13.2. The largest absolute Gasteiger partial charge is 0.465 e. The molecule has 1 N–H and O–H groups in total. The molecular formula is C33H41N3O4S. The van der Waals surface area contributed by atoms with E-state index in [-0.39, 0.29) is 5.92 Å². The van der Waals surface area contributed by atoms with Gasteiger partial charge in [-0.05, 0) is 74.0 Å². The molecule has 3 aromatic rings. The van der Waals surface area contributed by atoms with Crippen LogP contribution in [0.15, 0.2) is 108 Å². The molecular weight excluding hydrogens is 534 g/mol. The molecule has 1 saturated heterocycles. The van der Waals surface area contributed by atoms with Gasteiger partial charge in [-0.3, -0.25) is 0 Å². The number of sulfonamides is 1. The topological polar surface area (TPSA) is 81.2 Å². The molecule has 7 nitrogen and oxygen atoms in total. The van der Waals surface area contributed by atoms with Crippen molar-refractivity contribution < 1.29 is 18.3 Å². The van der Waals surface area contributed by atoms with Gasteiger partial charge < -0.3 is 14.9 Å². The molecule has 0 aliphatic carbocycles. The molecule has 0 aromatic heterocycles. The number of likely N-dealkylation sites (tertiary alicyclic amines) is 1. The van der Waals surface area contributed by atoms with Crippen molar-refractivity contribution >= 4 is 16.1 Å². The van der Waals surface area contributed by atoms with E-state index in [1.807, 2.05) is 60.7 Å². The average molecular weight is 576 g/mol. The van der Waals surface area contributed by atoms with Gasteiger partial charge >= 0.3 is 6.09 Å². The molecule has 0 radical (unpaired) electrons. The van der Waals surface area contributed by atoms with Gasteiger partial charge in [0.25, 0.3) is 0 Å². The molecule has 1 heterocycles. The number of likely N-dealkylation sites (N-methyl/N-ethyl adjacent to an activating group) is 1. The van der Waals surface area contributed by atoms with Crippen LogP contribution in [0, 0.1) is 5.92 Å². The van der Waals surface area contributed by atoms with Gasteiger partial charge in [-0.2, -0.15) is 0 Å². The molecule has 3 aromatic carbocycles. The first-order chi connectivity index (χ1) is 19.8. The van der Waals surface area contributed by atoms with Crippen molar-refractivity contribution in [2.24, 2.45) is 5.92 Å². The maximum absolute atomic E-state index is 13.2. The Morgan fingerprint density at radius 2 is 1.54 bits per heavy atom. The molecule has 8 heteroatoms. The molecule has 1 atom stereocenters. The summed E-state index contributed by atoms with van der Waals surface area (Å²) in [6, 6.07) is 28.4. The Morgan fingerprint density at radius 1 is 0.951 bits per heavy atom. The Morgan fingerprint density at radius 3 is 2.15 bits per heavy atom. The summed E-state index contributed by atoms with van der Waals surface area (Å²) in [6.45, 7) is 4.03. The molecule has 0 saturated carbocycles. The quantitative estimate of drug-likeness (QED) is 0.256. The third-order valence-electron chi connectivity index (χ3n) is 7.85. The standard InChI is InChI=1S/C33H41N3O4S/c1-34(41(39,40)32-17-9-4-10-18-32)27-31(30-15-7-3-8-16-30)21-25-35-23-19-28(20-24-35)14-11-22-36(33(37)38)26-29-12-5-2-6-13-29/h2-18,28,31H,19-27H2,1H3,(H,37,38)/t31-/m1/s1. The van der Waals surface area contributed by atoms with E-state index in [4.69, 9.17) is 0 Å². The van der Waals surface area contributed by atoms with Crippen LogP contribution in [0.3, 0.4) is 0 Å². The smallest absolute Gasteiger partial charge is 0.407 e. The molecule has 4 rings (SSSR count). The lowest BCUT2D eigenvalue weighted by Crippen LogP contribution is -2.36. The highest BCUT2D eigenvalue weighted by atomic mass is 32.2. The van der Waals surface area contributed by atoms with Crippen LogP contribution < -0.4 is 0 Å². The van der Waals surface area contributed by atoms with E-state index in [0.717, 1.165) is 50.0 Å². The highest BCUT2D eigenvalue weighted by Crippen LogP contribution is 2.26. The zero-order valence-corrected chi connectivity index (χ0v) is 24.6. The predicted molar refractivity (Wildman–Crippen MR) is 163 cm³/mol. The number of amides is 1. The van der Waals surface area contributed by atoms with Crippen molar-refractivity contribution in [1.29, 1.82) is 0 Å². The van der Waals surface area contributed by atoms with E-state index in [1.165, 1.54) is 9.21 Å². The van der Waals surface area contributed by atoms with Crippen LogP contribution in [0.1, 0.15) is 36.3 Å². The molecule has 0 bridgehead atoms. The van der Waals surface area contributed by atoms with E-state index in [1.54, 1.807) is 31.3 Å². The van der Waals surface area contributed by atoms with Crippen molar-refractivity contribution in [2.75, 3.05) is 39.8 Å². The fourth-order valence-electron chi connectivity index (χ4n) is 5.37. The number of hydrogen-bond donors (Lipinski definition) is 1. The van der Waals surface area contributed by atoms with E-state index < -0.39 is 16.1 Å². The van der Waals surface area contributed by atoms with Crippen LogP contribution in [0.2, 0.25) is 0 Å². The van der Waals surface area contributed by atoms with E-state index >= 15 is 0 Å². The van der Waals surface area contributed by atoms with E-state index in [9.17, 15) is 18.3 Å². The summed E-state index contributed by atoms with van der Waals surface area (Å²) in [7, 11) is -1.89. The SMILES string of the molecule is CN(C[C@@H](CCN1CCC(C=CCN(Cc2ccccc2)C(=O)O)CC1)c1ccccc1)S(=O)(=O)c1ccccc1. The van der Waals surface area contributed by atoms with E-state index in [2.05, 4.69) is 23.1 Å². The molecule has 218 valence electrons. The third-order valence-corrected chi connectivity index (χ3v) is 9.68. The maximum Gasteiger partial charge on any atom is 0.407 e. The number of piperidine rings is 1. The molecule has 0 unspecified atom stereocenters. The minimum absolute atomic E-state index is 0.0870. The lowest BCUT2D eigenvalue weighted by molar-refractivity contribution is 0.147. The summed E-state index contributed by atoms with van der Waals surface area (Å²) in [5, 5.41) is 9.60. The first kappa shape index (κ1) is 30.5. The molecule has 1 amide bonds. The van der Waals surface area contributed by atoms with Crippen molar-refractivity contribution in [3.8, 4) is 0 Å². The van der Waals surface area contributed by atoms with Crippen LogP contribution in [-0.2, 0) is 16.6 Å². The molecule has 0 spiro atoms. The second-order valence-electron chi connectivity index (χ2n) is 10.8. The molecule has 1 aliphatic rings. The molecule has 1 fully saturated rings. The van der Waals surface area contributed by atoms with Crippen molar-refractivity contribution in [3.05, 3.63) is 114 Å². The highest BCUT2D eigenvalue weighted by Gasteiger charge is 2.26. The zero-order chi connectivity index (χ0) is 29.1. The first-order valence-corrected chi connectivity index (χ1v) is 15.7. The van der Waals surface area contributed by atoms with Crippen LogP contribution >= 0.6 is 0 Å². The number of benzene rings is 3. The van der Waals surface area contributed by atoms with Crippen LogP contribution in [0.25, 0.3) is 0 Å². The normalized spacial score (nSPS) is 15.8. The number of nitrogens with zero attached hydrogens (tertiary/aromatic N) is 3. The second kappa shape index (κ2) is 15.0. The fourth-order valence-corrected chi connectivity index (χ4v) is 6.61. The van der Waals surface area contributed by atoms with Gasteiger partial charge in [-0.15, -0.1) is 0 Å². The van der Waals surface area contributed by atoms with Gasteiger partial charge in [-0.25, -0.2) is 17.5 Å². The highest BCUT2D eigenvalue weighted by molar-refractivity contribution is 7.89. The summed E-state index contributed by atoms with van der Waals surface area (Å²) in [5.74, 6) is 0.523.